The molecule has 1 N–H and O–H groups in total. The molecule has 5 heteroatoms. The van der Waals surface area contributed by atoms with Gasteiger partial charge in [-0.25, -0.2) is 0 Å². The molecule has 18 heavy (non-hydrogen) atoms. The van der Waals surface area contributed by atoms with Crippen LogP contribution in [0.3, 0.4) is 0 Å². The molecule has 2 saturated heterocycles. The number of hydrogen-bond acceptors (Lipinski definition) is 4. The van der Waals surface area contributed by atoms with E-state index in [1.54, 1.807) is 0 Å². The van der Waals surface area contributed by atoms with Crippen molar-refractivity contribution in [1.82, 2.24) is 10.2 Å². The third kappa shape index (κ3) is 1.86. The van der Waals surface area contributed by atoms with E-state index in [0.717, 1.165) is 26.1 Å². The van der Waals surface area contributed by atoms with Crippen molar-refractivity contribution in [2.45, 2.75) is 19.4 Å². The first-order valence-corrected chi connectivity index (χ1v) is 6.77. The van der Waals surface area contributed by atoms with Crippen LogP contribution in [0.1, 0.15) is 13.3 Å². The molecule has 3 heterocycles. The van der Waals surface area contributed by atoms with Crippen molar-refractivity contribution in [1.29, 1.82) is 0 Å². The molecule has 0 aromatic carbocycles. The molecule has 0 saturated carbocycles. The molecule has 0 aromatic heterocycles. The molecule has 3 rings (SSSR count). The van der Waals surface area contributed by atoms with Crippen molar-refractivity contribution < 1.29 is 14.3 Å². The van der Waals surface area contributed by atoms with Crippen molar-refractivity contribution >= 4 is 5.91 Å². The molecule has 1 amide bonds. The zero-order chi connectivity index (χ0) is 12.5. The predicted molar refractivity (Wildman–Crippen MR) is 65.6 cm³/mol. The van der Waals surface area contributed by atoms with Crippen molar-refractivity contribution in [2.75, 3.05) is 32.8 Å². The highest BCUT2D eigenvalue weighted by molar-refractivity contribution is 5.91. The van der Waals surface area contributed by atoms with Gasteiger partial charge in [0.15, 0.2) is 0 Å². The molecule has 100 valence electrons. The summed E-state index contributed by atoms with van der Waals surface area (Å²) in [5, 5.41) is 3.42. The van der Waals surface area contributed by atoms with Crippen LogP contribution in [0.5, 0.6) is 0 Å². The Bertz CT molecular complexity index is 369. The molecule has 3 aliphatic heterocycles. The van der Waals surface area contributed by atoms with Gasteiger partial charge in [0.1, 0.15) is 19.5 Å². The lowest BCUT2D eigenvalue weighted by molar-refractivity contribution is -0.133. The highest BCUT2D eigenvalue weighted by Gasteiger charge is 2.46. The second-order valence-electron chi connectivity index (χ2n) is 5.22. The Kier molecular flexibility index (Phi) is 3.16. The van der Waals surface area contributed by atoms with Gasteiger partial charge in [0.25, 0.3) is 5.91 Å². The van der Waals surface area contributed by atoms with Gasteiger partial charge in [0.2, 0.25) is 5.76 Å². The van der Waals surface area contributed by atoms with Crippen LogP contribution >= 0.6 is 0 Å². The van der Waals surface area contributed by atoms with Gasteiger partial charge in [0, 0.05) is 25.7 Å². The zero-order valence-corrected chi connectivity index (χ0v) is 10.7. The Labute approximate surface area is 107 Å². The number of likely N-dealkylation sites (tertiary alicyclic amines) is 1. The molecule has 0 spiro atoms. The predicted octanol–water partition coefficient (Wildman–Crippen LogP) is 0.331. The fraction of sp³-hybridized carbons (Fsp3) is 0.769. The van der Waals surface area contributed by atoms with Gasteiger partial charge in [-0.3, -0.25) is 4.79 Å². The lowest BCUT2D eigenvalue weighted by Crippen LogP contribution is -2.41. The number of amides is 1. The Morgan fingerprint density at radius 2 is 2.39 bits per heavy atom. The number of ether oxygens (including phenoxy) is 2. The van der Waals surface area contributed by atoms with Gasteiger partial charge in [0.05, 0.1) is 0 Å². The van der Waals surface area contributed by atoms with Crippen LogP contribution < -0.4 is 5.32 Å². The van der Waals surface area contributed by atoms with Crippen molar-refractivity contribution in [2.24, 2.45) is 11.8 Å². The molecular formula is C13H20N2O3. The molecule has 0 bridgehead atoms. The van der Waals surface area contributed by atoms with E-state index in [9.17, 15) is 4.79 Å². The molecule has 5 nitrogen and oxygen atoms in total. The largest absolute Gasteiger partial charge is 0.494 e. The minimum Gasteiger partial charge on any atom is -0.494 e. The number of nitrogens with zero attached hydrogens (tertiary/aromatic N) is 1. The molecule has 3 atom stereocenters. The zero-order valence-electron chi connectivity index (χ0n) is 10.7. The van der Waals surface area contributed by atoms with Gasteiger partial charge in [-0.2, -0.15) is 0 Å². The summed E-state index contributed by atoms with van der Waals surface area (Å²) < 4.78 is 10.6. The molecule has 3 unspecified atom stereocenters. The summed E-state index contributed by atoms with van der Waals surface area (Å²) in [6.07, 6.45) is 2.47. The number of hydrogen-bond donors (Lipinski definition) is 1. The van der Waals surface area contributed by atoms with Gasteiger partial charge >= 0.3 is 0 Å². The number of carbonyl (C=O) groups excluding carboxylic acids is 1. The molecule has 0 radical (unpaired) electrons. The third-order valence-electron chi connectivity index (χ3n) is 4.26. The monoisotopic (exact) mass is 252 g/mol. The van der Waals surface area contributed by atoms with Crippen LogP contribution in [0.2, 0.25) is 0 Å². The van der Waals surface area contributed by atoms with Crippen LogP contribution in [-0.2, 0) is 14.3 Å². The van der Waals surface area contributed by atoms with Crippen LogP contribution in [0.25, 0.3) is 0 Å². The fourth-order valence-corrected chi connectivity index (χ4v) is 3.40. The van der Waals surface area contributed by atoms with Crippen LogP contribution in [0, 0.1) is 11.8 Å². The quantitative estimate of drug-likeness (QED) is 0.769. The maximum atomic E-state index is 12.4. The lowest BCUT2D eigenvalue weighted by Gasteiger charge is -2.28. The highest BCUT2D eigenvalue weighted by atomic mass is 16.6. The molecule has 0 aliphatic carbocycles. The number of rotatable bonds is 2. The van der Waals surface area contributed by atoms with E-state index >= 15 is 0 Å². The number of nitrogens with one attached hydrogen (secondary N) is 1. The maximum absolute atomic E-state index is 12.4. The minimum absolute atomic E-state index is 0.00375. The van der Waals surface area contributed by atoms with E-state index < -0.39 is 0 Å². The van der Waals surface area contributed by atoms with E-state index in [4.69, 9.17) is 9.47 Å². The smallest absolute Gasteiger partial charge is 0.292 e. The van der Waals surface area contributed by atoms with Crippen molar-refractivity contribution in [3.8, 4) is 0 Å². The van der Waals surface area contributed by atoms with Crippen LogP contribution in [0.15, 0.2) is 12.0 Å². The summed E-state index contributed by atoms with van der Waals surface area (Å²) in [4.78, 5) is 14.4. The lowest BCUT2D eigenvalue weighted by atomic mass is 9.93. The molecular weight excluding hydrogens is 232 g/mol. The van der Waals surface area contributed by atoms with E-state index in [-0.39, 0.29) is 5.91 Å². The van der Waals surface area contributed by atoms with Gasteiger partial charge in [-0.05, 0) is 18.3 Å². The Morgan fingerprint density at radius 3 is 3.11 bits per heavy atom. The summed E-state index contributed by atoms with van der Waals surface area (Å²) in [6, 6.07) is 0.337. The summed E-state index contributed by atoms with van der Waals surface area (Å²) in [5.74, 6) is 1.57. The first-order valence-electron chi connectivity index (χ1n) is 6.77. The summed E-state index contributed by atoms with van der Waals surface area (Å²) in [6.45, 7) is 6.05. The molecule has 2 fully saturated rings. The molecule has 0 aromatic rings. The minimum atomic E-state index is -0.00375. The second kappa shape index (κ2) is 4.80. The fourth-order valence-electron chi connectivity index (χ4n) is 3.40. The summed E-state index contributed by atoms with van der Waals surface area (Å²) >= 11 is 0. The van der Waals surface area contributed by atoms with E-state index in [1.807, 2.05) is 4.90 Å². The van der Waals surface area contributed by atoms with E-state index in [1.165, 1.54) is 6.26 Å². The van der Waals surface area contributed by atoms with Gasteiger partial charge in [-0.1, -0.05) is 6.92 Å². The van der Waals surface area contributed by atoms with Crippen LogP contribution in [-0.4, -0.2) is 49.7 Å². The van der Waals surface area contributed by atoms with E-state index in [0.29, 0.717) is 36.9 Å². The number of carbonyl (C=O) groups is 1. The van der Waals surface area contributed by atoms with Gasteiger partial charge in [-0.15, -0.1) is 0 Å². The first kappa shape index (κ1) is 11.8. The van der Waals surface area contributed by atoms with E-state index in [2.05, 4.69) is 12.2 Å². The normalized spacial score (nSPS) is 34.6. The topological polar surface area (TPSA) is 50.8 Å². The summed E-state index contributed by atoms with van der Waals surface area (Å²) in [7, 11) is 0. The molecule has 3 aliphatic rings. The second-order valence-corrected chi connectivity index (χ2v) is 5.22. The van der Waals surface area contributed by atoms with Crippen molar-refractivity contribution in [3.63, 3.8) is 0 Å². The first-order chi connectivity index (χ1) is 8.81. The standard InChI is InChI=1S/C13H20N2O3/c1-2-11-10-6-14-5-9(10)7-15(11)13(16)12-8-17-3-4-18-12/h8-11,14H,2-7H2,1H3. The summed E-state index contributed by atoms with van der Waals surface area (Å²) in [5.41, 5.74) is 0. The Hall–Kier alpha value is -1.23. The average molecular weight is 252 g/mol. The van der Waals surface area contributed by atoms with Crippen molar-refractivity contribution in [3.05, 3.63) is 12.0 Å². The maximum Gasteiger partial charge on any atom is 0.292 e. The van der Waals surface area contributed by atoms with Crippen LogP contribution in [0.4, 0.5) is 0 Å². The Morgan fingerprint density at radius 1 is 1.50 bits per heavy atom. The highest BCUT2D eigenvalue weighted by Crippen LogP contribution is 2.35. The third-order valence-corrected chi connectivity index (χ3v) is 4.26. The van der Waals surface area contributed by atoms with Gasteiger partial charge < -0.3 is 19.7 Å². The number of fused-ring (bicyclic) bond motifs is 1. The SMILES string of the molecule is CCC1C2CNCC2CN1C(=O)C1=COCCO1. The Balaban J connectivity index is 1.75. The average Bonchev–Trinajstić information content (AvgIpc) is 2.98.